The van der Waals surface area contributed by atoms with Crippen LogP contribution in [0, 0.1) is 0 Å². The summed E-state index contributed by atoms with van der Waals surface area (Å²) < 4.78 is 0. The first-order valence-corrected chi connectivity index (χ1v) is 8.23. The van der Waals surface area contributed by atoms with Crippen molar-refractivity contribution in [3.63, 3.8) is 0 Å². The first kappa shape index (κ1) is 15.3. The van der Waals surface area contributed by atoms with E-state index in [0.717, 1.165) is 16.8 Å². The van der Waals surface area contributed by atoms with E-state index in [4.69, 9.17) is 0 Å². The Bertz CT molecular complexity index is 894. The quantitative estimate of drug-likeness (QED) is 0.651. The van der Waals surface area contributed by atoms with Crippen molar-refractivity contribution < 1.29 is 9.90 Å². The molecule has 3 aromatic carbocycles. The summed E-state index contributed by atoms with van der Waals surface area (Å²) in [5.41, 5.74) is 3.97. The number of fused-ring (bicyclic) bond motifs is 1. The number of benzene rings is 3. The minimum absolute atomic E-state index is 0.000134. The molecule has 0 saturated carbocycles. The van der Waals surface area contributed by atoms with Gasteiger partial charge in [-0.25, -0.2) is 4.79 Å². The number of carboxylic acids is 1. The molecule has 25 heavy (non-hydrogen) atoms. The number of para-hydroxylation sites is 1. The highest BCUT2D eigenvalue weighted by atomic mass is 16.4. The molecule has 0 amide bonds. The summed E-state index contributed by atoms with van der Waals surface area (Å²) >= 11 is 0. The fourth-order valence-corrected chi connectivity index (χ4v) is 3.37. The van der Waals surface area contributed by atoms with E-state index >= 15 is 0 Å². The predicted molar refractivity (Wildman–Crippen MR) is 99.0 cm³/mol. The molecule has 1 heterocycles. The average Bonchev–Trinajstić information content (AvgIpc) is 2.67. The van der Waals surface area contributed by atoms with Gasteiger partial charge in [-0.05, 0) is 23.3 Å². The van der Waals surface area contributed by atoms with Gasteiger partial charge in [0.15, 0.2) is 0 Å². The van der Waals surface area contributed by atoms with Crippen molar-refractivity contribution in [2.24, 2.45) is 0 Å². The maximum atomic E-state index is 11.6. The van der Waals surface area contributed by atoms with Crippen molar-refractivity contribution in [1.29, 1.82) is 0 Å². The SMILES string of the molecule is O=C(O)c1cccc2c1N[C@@H](c1ccccc1)[C@@H](c1ccccc1)N2. The van der Waals surface area contributed by atoms with Crippen molar-refractivity contribution in [2.45, 2.75) is 12.1 Å². The molecule has 0 spiro atoms. The lowest BCUT2D eigenvalue weighted by molar-refractivity contribution is 0.0698. The third-order valence-corrected chi connectivity index (χ3v) is 4.56. The highest BCUT2D eigenvalue weighted by Gasteiger charge is 2.32. The molecular weight excluding hydrogens is 312 g/mol. The zero-order valence-corrected chi connectivity index (χ0v) is 13.5. The summed E-state index contributed by atoms with van der Waals surface area (Å²) in [6, 6.07) is 25.5. The fraction of sp³-hybridized carbons (Fsp3) is 0.0952. The van der Waals surface area contributed by atoms with E-state index in [1.54, 1.807) is 12.1 Å². The summed E-state index contributed by atoms with van der Waals surface area (Å²) in [6.07, 6.45) is 0. The molecule has 4 heteroatoms. The Morgan fingerprint density at radius 2 is 1.28 bits per heavy atom. The van der Waals surface area contributed by atoms with Crippen molar-refractivity contribution in [2.75, 3.05) is 10.6 Å². The van der Waals surface area contributed by atoms with Crippen LogP contribution >= 0.6 is 0 Å². The second-order valence-corrected chi connectivity index (χ2v) is 6.10. The lowest BCUT2D eigenvalue weighted by atomic mass is 9.90. The molecule has 124 valence electrons. The molecule has 4 rings (SSSR count). The highest BCUT2D eigenvalue weighted by Crippen LogP contribution is 2.43. The van der Waals surface area contributed by atoms with E-state index in [-0.39, 0.29) is 17.6 Å². The minimum Gasteiger partial charge on any atom is -0.478 e. The first-order valence-electron chi connectivity index (χ1n) is 8.23. The summed E-state index contributed by atoms with van der Waals surface area (Å²) in [4.78, 5) is 11.6. The van der Waals surface area contributed by atoms with Crippen LogP contribution in [0.2, 0.25) is 0 Å². The van der Waals surface area contributed by atoms with Gasteiger partial charge in [-0.1, -0.05) is 66.7 Å². The second kappa shape index (κ2) is 6.32. The minimum atomic E-state index is -0.934. The van der Waals surface area contributed by atoms with Crippen LogP contribution in [-0.4, -0.2) is 11.1 Å². The van der Waals surface area contributed by atoms with Crippen LogP contribution in [-0.2, 0) is 0 Å². The van der Waals surface area contributed by atoms with Crippen LogP contribution < -0.4 is 10.6 Å². The molecule has 0 fully saturated rings. The van der Waals surface area contributed by atoms with Crippen LogP contribution in [0.15, 0.2) is 78.9 Å². The monoisotopic (exact) mass is 330 g/mol. The molecule has 0 saturated heterocycles. The number of aromatic carboxylic acids is 1. The van der Waals surface area contributed by atoms with Gasteiger partial charge >= 0.3 is 5.97 Å². The van der Waals surface area contributed by atoms with Gasteiger partial charge in [0.2, 0.25) is 0 Å². The number of hydrogen-bond acceptors (Lipinski definition) is 3. The molecule has 4 nitrogen and oxygen atoms in total. The van der Waals surface area contributed by atoms with E-state index < -0.39 is 5.97 Å². The fourth-order valence-electron chi connectivity index (χ4n) is 3.37. The Kier molecular flexibility index (Phi) is 3.86. The van der Waals surface area contributed by atoms with E-state index in [1.807, 2.05) is 42.5 Å². The zero-order chi connectivity index (χ0) is 17.2. The van der Waals surface area contributed by atoms with Crippen molar-refractivity contribution in [1.82, 2.24) is 0 Å². The van der Waals surface area contributed by atoms with Gasteiger partial charge in [0.25, 0.3) is 0 Å². The smallest absolute Gasteiger partial charge is 0.337 e. The first-order chi connectivity index (χ1) is 12.2. The molecule has 0 radical (unpaired) electrons. The van der Waals surface area contributed by atoms with E-state index in [1.165, 1.54) is 0 Å². The molecular formula is C21H18N2O2. The number of rotatable bonds is 3. The third-order valence-electron chi connectivity index (χ3n) is 4.56. The molecule has 1 aliphatic rings. The molecule has 3 N–H and O–H groups in total. The van der Waals surface area contributed by atoms with Gasteiger partial charge in [0.05, 0.1) is 29.0 Å². The Hall–Kier alpha value is -3.27. The van der Waals surface area contributed by atoms with Crippen molar-refractivity contribution in [3.05, 3.63) is 95.6 Å². The van der Waals surface area contributed by atoms with E-state index in [2.05, 4.69) is 34.9 Å². The molecule has 0 aliphatic carbocycles. The topological polar surface area (TPSA) is 61.4 Å². The van der Waals surface area contributed by atoms with Crippen LogP contribution in [0.1, 0.15) is 33.6 Å². The summed E-state index contributed by atoms with van der Waals surface area (Å²) in [5.74, 6) is -0.934. The molecule has 2 atom stereocenters. The largest absolute Gasteiger partial charge is 0.478 e. The molecule has 0 unspecified atom stereocenters. The number of hydrogen-bond donors (Lipinski definition) is 3. The van der Waals surface area contributed by atoms with Crippen molar-refractivity contribution >= 4 is 17.3 Å². The standard InChI is InChI=1S/C21H18N2O2/c24-21(25)16-12-7-13-17-20(16)23-19(15-10-5-2-6-11-15)18(22-17)14-8-3-1-4-9-14/h1-13,18-19,22-23H,(H,24,25)/t18-,19+/m1/s1. The predicted octanol–water partition coefficient (Wildman–Crippen LogP) is 4.70. The molecule has 3 aromatic rings. The van der Waals surface area contributed by atoms with Crippen LogP contribution in [0.5, 0.6) is 0 Å². The van der Waals surface area contributed by atoms with Gasteiger partial charge in [0, 0.05) is 0 Å². The van der Waals surface area contributed by atoms with Gasteiger partial charge in [-0.15, -0.1) is 0 Å². The van der Waals surface area contributed by atoms with Gasteiger partial charge in [0.1, 0.15) is 0 Å². The molecule has 1 aliphatic heterocycles. The Morgan fingerprint density at radius 1 is 0.720 bits per heavy atom. The Morgan fingerprint density at radius 3 is 1.84 bits per heavy atom. The maximum Gasteiger partial charge on any atom is 0.337 e. The van der Waals surface area contributed by atoms with Crippen LogP contribution in [0.4, 0.5) is 11.4 Å². The van der Waals surface area contributed by atoms with Crippen LogP contribution in [0.25, 0.3) is 0 Å². The Balaban J connectivity index is 1.84. The highest BCUT2D eigenvalue weighted by molar-refractivity contribution is 5.98. The van der Waals surface area contributed by atoms with Gasteiger partial charge < -0.3 is 15.7 Å². The number of carboxylic acid groups (broad SMARTS) is 1. The number of nitrogens with one attached hydrogen (secondary N) is 2. The normalized spacial score (nSPS) is 18.6. The van der Waals surface area contributed by atoms with Crippen molar-refractivity contribution in [3.8, 4) is 0 Å². The lowest BCUT2D eigenvalue weighted by Gasteiger charge is -2.37. The average molecular weight is 330 g/mol. The number of carbonyl (C=O) groups is 1. The molecule has 0 aromatic heterocycles. The second-order valence-electron chi connectivity index (χ2n) is 6.10. The third kappa shape index (κ3) is 2.83. The summed E-state index contributed by atoms with van der Waals surface area (Å²) in [5, 5.41) is 16.5. The van der Waals surface area contributed by atoms with Gasteiger partial charge in [-0.2, -0.15) is 0 Å². The van der Waals surface area contributed by atoms with E-state index in [0.29, 0.717) is 5.69 Å². The summed E-state index contributed by atoms with van der Waals surface area (Å²) in [6.45, 7) is 0. The van der Waals surface area contributed by atoms with E-state index in [9.17, 15) is 9.90 Å². The molecule has 0 bridgehead atoms. The summed E-state index contributed by atoms with van der Waals surface area (Å²) in [7, 11) is 0. The maximum absolute atomic E-state index is 11.6. The van der Waals surface area contributed by atoms with Gasteiger partial charge in [-0.3, -0.25) is 0 Å². The van der Waals surface area contributed by atoms with Crippen LogP contribution in [0.3, 0.4) is 0 Å². The zero-order valence-electron chi connectivity index (χ0n) is 13.5. The number of anilines is 2. The Labute approximate surface area is 146 Å². The lowest BCUT2D eigenvalue weighted by Crippen LogP contribution is -2.31.